The average Bonchev–Trinajstić information content (AvgIpc) is 3.61. The van der Waals surface area contributed by atoms with Crippen molar-refractivity contribution in [1.29, 1.82) is 0 Å². The Morgan fingerprint density at radius 2 is 1.95 bits per heavy atom. The van der Waals surface area contributed by atoms with Crippen molar-refractivity contribution in [3.63, 3.8) is 0 Å². The van der Waals surface area contributed by atoms with E-state index in [0.29, 0.717) is 35.1 Å². The fraction of sp³-hybridized carbons (Fsp3) is 0.259. The molecule has 12 heteroatoms. The minimum Gasteiger partial charge on any atom is -0.540 e. The Bertz CT molecular complexity index is 1640. The summed E-state index contributed by atoms with van der Waals surface area (Å²) in [6.07, 6.45) is 0.517. The smallest absolute Gasteiger partial charge is 0.302 e. The van der Waals surface area contributed by atoms with Crippen LogP contribution in [0.5, 0.6) is 0 Å². The monoisotopic (exact) mass is 592 g/mol. The topological polar surface area (TPSA) is 146 Å². The second-order valence-corrected chi connectivity index (χ2v) is 9.96. The number of carboxylic acid groups (broad SMARTS) is 1. The lowest BCUT2D eigenvalue weighted by Crippen LogP contribution is -2.55. The molecular formula is C27H25BrN6O5. The lowest BCUT2D eigenvalue weighted by atomic mass is 10.0. The van der Waals surface area contributed by atoms with Crippen LogP contribution in [0.2, 0.25) is 0 Å². The number of amidine groups is 1. The quantitative estimate of drug-likeness (QED) is 0.228. The number of hydrogen-bond donors (Lipinski definition) is 1. The van der Waals surface area contributed by atoms with E-state index in [0.717, 1.165) is 26.5 Å². The Hall–Kier alpha value is -4.16. The van der Waals surface area contributed by atoms with Crippen molar-refractivity contribution in [1.82, 2.24) is 20.6 Å². The standard InChI is InChI=1S/C27H25BrN6O5/c1-4-22-29-15(2)24(27(36)37)34(22,11-12-38-16(3)35)14-17-9-10-21-20(13-17)23(28)25(39-21)18-7-5-6-8-19(18)26-30-32-33-31-26/h5-10,13H,4,11-12,14H2,1-3H3,(H-,30,31,32,33,36,37). The van der Waals surface area contributed by atoms with Crippen molar-refractivity contribution < 1.29 is 28.3 Å². The molecule has 0 fully saturated rings. The summed E-state index contributed by atoms with van der Waals surface area (Å²) in [4.78, 5) is 28.4. The zero-order chi connectivity index (χ0) is 27.7. The number of nitrogens with zero attached hydrogens (tertiary/aromatic N) is 5. The first-order valence-corrected chi connectivity index (χ1v) is 13.1. The van der Waals surface area contributed by atoms with Crippen molar-refractivity contribution in [3.8, 4) is 22.7 Å². The molecule has 1 aliphatic rings. The molecule has 0 saturated carbocycles. The second kappa shape index (κ2) is 10.5. The molecule has 5 rings (SSSR count). The van der Waals surface area contributed by atoms with Crippen molar-refractivity contribution in [2.24, 2.45) is 4.99 Å². The molecule has 1 atom stereocenters. The summed E-state index contributed by atoms with van der Waals surface area (Å²) in [5.74, 6) is 0.0522. The molecule has 0 spiro atoms. The Morgan fingerprint density at radius 3 is 2.62 bits per heavy atom. The van der Waals surface area contributed by atoms with Gasteiger partial charge < -0.3 is 19.1 Å². The summed E-state index contributed by atoms with van der Waals surface area (Å²) in [6.45, 7) is 5.43. The van der Waals surface area contributed by atoms with E-state index < -0.39 is 11.9 Å². The van der Waals surface area contributed by atoms with E-state index in [2.05, 4.69) is 41.5 Å². The number of benzene rings is 2. The molecule has 0 saturated heterocycles. The number of carbonyl (C=O) groups excluding carboxylic acids is 2. The summed E-state index contributed by atoms with van der Waals surface area (Å²) in [6, 6.07) is 13.3. The summed E-state index contributed by atoms with van der Waals surface area (Å²) in [5.41, 5.74) is 3.53. The zero-order valence-electron chi connectivity index (χ0n) is 21.5. The summed E-state index contributed by atoms with van der Waals surface area (Å²) < 4.78 is 12.1. The molecule has 39 heavy (non-hydrogen) atoms. The number of aliphatic imine (C=N–C) groups is 1. The van der Waals surface area contributed by atoms with E-state index in [1.54, 1.807) is 6.92 Å². The number of aliphatic carboxylic acids is 1. The number of tetrazole rings is 1. The molecule has 0 radical (unpaired) electrons. The number of aromatic nitrogens is 4. The lowest BCUT2D eigenvalue weighted by Gasteiger charge is -2.37. The number of hydrogen-bond acceptors (Lipinski definition) is 9. The van der Waals surface area contributed by atoms with Crippen molar-refractivity contribution in [2.45, 2.75) is 33.7 Å². The van der Waals surface area contributed by atoms with E-state index >= 15 is 0 Å². The molecule has 3 heterocycles. The van der Waals surface area contributed by atoms with Gasteiger partial charge in [0.15, 0.2) is 11.5 Å². The van der Waals surface area contributed by atoms with E-state index in [1.807, 2.05) is 49.4 Å². The summed E-state index contributed by atoms with van der Waals surface area (Å²) >= 11 is 3.72. The van der Waals surface area contributed by atoms with Crippen molar-refractivity contribution in [3.05, 3.63) is 63.9 Å². The van der Waals surface area contributed by atoms with Gasteiger partial charge in [-0.05, 0) is 51.5 Å². The van der Waals surface area contributed by atoms with E-state index in [4.69, 9.17) is 9.15 Å². The minimum absolute atomic E-state index is 0.0352. The largest absolute Gasteiger partial charge is 0.540 e. The Balaban J connectivity index is 1.58. The van der Waals surface area contributed by atoms with Gasteiger partial charge in [0.25, 0.3) is 0 Å². The predicted octanol–water partition coefficient (Wildman–Crippen LogP) is 3.73. The van der Waals surface area contributed by atoms with Crippen LogP contribution in [0.25, 0.3) is 33.7 Å². The summed E-state index contributed by atoms with van der Waals surface area (Å²) in [5, 5.41) is 27.3. The number of allylic oxidation sites excluding steroid dienone is 1. The zero-order valence-corrected chi connectivity index (χ0v) is 23.1. The number of halogens is 1. The van der Waals surface area contributed by atoms with Gasteiger partial charge in [-0.2, -0.15) is 4.99 Å². The normalized spacial score (nSPS) is 17.1. The van der Waals surface area contributed by atoms with Gasteiger partial charge >= 0.3 is 5.97 Å². The molecule has 0 amide bonds. The van der Waals surface area contributed by atoms with Gasteiger partial charge in [0.2, 0.25) is 5.84 Å². The van der Waals surface area contributed by atoms with E-state index in [9.17, 15) is 14.7 Å². The van der Waals surface area contributed by atoms with Crippen LogP contribution < -0.4 is 5.11 Å². The molecule has 200 valence electrons. The number of aromatic amines is 1. The van der Waals surface area contributed by atoms with Gasteiger partial charge in [0.05, 0.1) is 4.47 Å². The van der Waals surface area contributed by atoms with E-state index in [1.165, 1.54) is 6.92 Å². The van der Waals surface area contributed by atoms with Crippen LogP contribution in [0.1, 0.15) is 32.8 Å². The molecule has 1 unspecified atom stereocenters. The number of fused-ring (bicyclic) bond motifs is 1. The van der Waals surface area contributed by atoms with Crippen LogP contribution in [-0.4, -0.2) is 56.0 Å². The van der Waals surface area contributed by atoms with Crippen LogP contribution >= 0.6 is 15.9 Å². The molecule has 0 bridgehead atoms. The molecular weight excluding hydrogens is 568 g/mol. The second-order valence-electron chi connectivity index (χ2n) is 9.16. The molecule has 1 N–H and O–H groups in total. The molecule has 2 aromatic heterocycles. The van der Waals surface area contributed by atoms with Gasteiger partial charge in [-0.15, -0.1) is 5.10 Å². The predicted molar refractivity (Wildman–Crippen MR) is 143 cm³/mol. The first kappa shape index (κ1) is 26.4. The highest BCUT2D eigenvalue weighted by atomic mass is 79.9. The number of rotatable bonds is 9. The first-order chi connectivity index (χ1) is 18.7. The maximum Gasteiger partial charge on any atom is 0.302 e. The third-order valence-electron chi connectivity index (χ3n) is 6.77. The highest BCUT2D eigenvalue weighted by Crippen LogP contribution is 2.42. The van der Waals surface area contributed by atoms with Crippen LogP contribution in [-0.2, 0) is 20.9 Å². The minimum atomic E-state index is -1.30. The lowest BCUT2D eigenvalue weighted by molar-refractivity contribution is -0.814. The first-order valence-electron chi connectivity index (χ1n) is 12.3. The number of quaternary nitrogens is 1. The number of nitrogens with one attached hydrogen (secondary N) is 1. The van der Waals surface area contributed by atoms with Crippen LogP contribution in [0.3, 0.4) is 0 Å². The highest BCUT2D eigenvalue weighted by molar-refractivity contribution is 9.10. The number of ether oxygens (including phenoxy) is 1. The number of esters is 1. The fourth-order valence-electron chi connectivity index (χ4n) is 5.18. The fourth-order valence-corrected chi connectivity index (χ4v) is 5.78. The highest BCUT2D eigenvalue weighted by Gasteiger charge is 2.45. The maximum absolute atomic E-state index is 12.3. The SMILES string of the molecule is CCC1=NC(C)=C(C(=O)[O-])[N+]1(CCOC(C)=O)Cc1ccc2oc(-c3ccccc3-c3nnn[nH]3)c(Br)c2c1. The van der Waals surface area contributed by atoms with Gasteiger partial charge in [-0.3, -0.25) is 4.79 Å². The summed E-state index contributed by atoms with van der Waals surface area (Å²) in [7, 11) is 0. The molecule has 0 aliphatic carbocycles. The Kier molecular flexibility index (Phi) is 7.15. The molecule has 11 nitrogen and oxygen atoms in total. The number of furan rings is 1. The third-order valence-corrected chi connectivity index (χ3v) is 7.55. The van der Waals surface area contributed by atoms with Crippen molar-refractivity contribution in [2.75, 3.05) is 13.2 Å². The average molecular weight is 593 g/mol. The van der Waals surface area contributed by atoms with E-state index in [-0.39, 0.29) is 29.9 Å². The van der Waals surface area contributed by atoms with Crippen molar-refractivity contribution >= 4 is 44.7 Å². The molecule has 2 aromatic carbocycles. The van der Waals surface area contributed by atoms with Crippen LogP contribution in [0.4, 0.5) is 0 Å². The number of H-pyrrole nitrogens is 1. The van der Waals surface area contributed by atoms with Crippen LogP contribution in [0.15, 0.2) is 67.7 Å². The number of carbonyl (C=O) groups is 2. The Morgan fingerprint density at radius 1 is 1.18 bits per heavy atom. The molecule has 4 aromatic rings. The van der Waals surface area contributed by atoms with Gasteiger partial charge in [0, 0.05) is 35.4 Å². The number of carboxylic acids is 1. The van der Waals surface area contributed by atoms with Gasteiger partial charge in [0.1, 0.15) is 42.7 Å². The van der Waals surface area contributed by atoms with Gasteiger partial charge in [-0.25, -0.2) is 9.58 Å². The van der Waals surface area contributed by atoms with Crippen LogP contribution in [0, 0.1) is 0 Å². The van der Waals surface area contributed by atoms with Gasteiger partial charge in [-0.1, -0.05) is 31.2 Å². The third kappa shape index (κ3) is 4.77. The Labute approximate surface area is 231 Å². The molecule has 1 aliphatic heterocycles. The maximum atomic E-state index is 12.3.